The lowest BCUT2D eigenvalue weighted by molar-refractivity contribution is -0.154. The standard InChI is InChI=1S/C22H30N2O6S/c1-15(30-21(25)13-18-12-16-5-6-17(18)11-16)22(26)23-19-3-2-4-20(14-19)31(27,28)24-7-9-29-10-8-24/h2-4,14-18H,5-13H2,1H3,(H,23,26)/t15-,16-,17-,18-/m1/s1. The number of carbonyl (C=O) groups is 2. The van der Waals surface area contributed by atoms with Crippen molar-refractivity contribution in [2.75, 3.05) is 31.6 Å². The third-order valence-corrected chi connectivity index (χ3v) is 8.59. The van der Waals surface area contributed by atoms with E-state index in [1.807, 2.05) is 0 Å². The van der Waals surface area contributed by atoms with E-state index in [1.165, 1.54) is 42.6 Å². The first-order valence-corrected chi connectivity index (χ1v) is 12.4. The van der Waals surface area contributed by atoms with E-state index in [4.69, 9.17) is 9.47 Å². The summed E-state index contributed by atoms with van der Waals surface area (Å²) in [7, 11) is -3.66. The molecule has 1 aromatic carbocycles. The molecule has 1 heterocycles. The van der Waals surface area contributed by atoms with Crippen LogP contribution in [0.5, 0.6) is 0 Å². The highest BCUT2D eigenvalue weighted by molar-refractivity contribution is 7.89. The van der Waals surface area contributed by atoms with E-state index in [1.54, 1.807) is 12.1 Å². The number of fused-ring (bicyclic) bond motifs is 2. The average Bonchev–Trinajstić information content (AvgIpc) is 3.37. The second kappa shape index (κ2) is 9.26. The molecule has 2 bridgehead atoms. The van der Waals surface area contributed by atoms with Gasteiger partial charge in [0.1, 0.15) is 0 Å². The predicted octanol–water partition coefficient (Wildman–Crippen LogP) is 2.40. The molecule has 3 aliphatic rings. The molecule has 170 valence electrons. The number of carbonyl (C=O) groups excluding carboxylic acids is 2. The van der Waals surface area contributed by atoms with Gasteiger partial charge in [-0.05, 0) is 62.1 Å². The van der Waals surface area contributed by atoms with Crippen LogP contribution in [0.15, 0.2) is 29.2 Å². The van der Waals surface area contributed by atoms with Crippen LogP contribution in [0.2, 0.25) is 0 Å². The molecule has 2 saturated carbocycles. The number of ether oxygens (including phenoxy) is 2. The number of esters is 1. The molecule has 1 aromatic rings. The fourth-order valence-electron chi connectivity index (χ4n) is 5.05. The molecule has 4 atom stereocenters. The smallest absolute Gasteiger partial charge is 0.306 e. The van der Waals surface area contributed by atoms with E-state index in [0.29, 0.717) is 50.2 Å². The summed E-state index contributed by atoms with van der Waals surface area (Å²) in [6.45, 7) is 2.85. The summed E-state index contributed by atoms with van der Waals surface area (Å²) >= 11 is 0. The number of hydrogen-bond donors (Lipinski definition) is 1. The van der Waals surface area contributed by atoms with Crippen molar-refractivity contribution in [3.63, 3.8) is 0 Å². The van der Waals surface area contributed by atoms with E-state index in [-0.39, 0.29) is 10.9 Å². The maximum Gasteiger partial charge on any atom is 0.306 e. The van der Waals surface area contributed by atoms with Crippen molar-refractivity contribution in [3.8, 4) is 0 Å². The van der Waals surface area contributed by atoms with Crippen LogP contribution in [0, 0.1) is 17.8 Å². The molecule has 1 amide bonds. The van der Waals surface area contributed by atoms with Gasteiger partial charge < -0.3 is 14.8 Å². The normalized spacial score (nSPS) is 27.1. The molecule has 3 fully saturated rings. The maximum absolute atomic E-state index is 12.8. The van der Waals surface area contributed by atoms with Crippen LogP contribution in [-0.4, -0.2) is 57.0 Å². The zero-order valence-corrected chi connectivity index (χ0v) is 18.6. The molecule has 0 unspecified atom stereocenters. The molecule has 1 saturated heterocycles. The first-order chi connectivity index (χ1) is 14.8. The Hall–Kier alpha value is -1.97. The number of hydrogen-bond acceptors (Lipinski definition) is 6. The highest BCUT2D eigenvalue weighted by Gasteiger charge is 2.40. The molecule has 9 heteroatoms. The van der Waals surface area contributed by atoms with Crippen molar-refractivity contribution in [2.24, 2.45) is 17.8 Å². The molecule has 0 spiro atoms. The van der Waals surface area contributed by atoms with Gasteiger partial charge in [-0.1, -0.05) is 12.5 Å². The molecule has 31 heavy (non-hydrogen) atoms. The summed E-state index contributed by atoms with van der Waals surface area (Å²) in [6, 6.07) is 6.11. The van der Waals surface area contributed by atoms with Gasteiger partial charge in [0.2, 0.25) is 10.0 Å². The fourth-order valence-corrected chi connectivity index (χ4v) is 6.51. The Balaban J connectivity index is 1.32. The Morgan fingerprint density at radius 1 is 1.23 bits per heavy atom. The summed E-state index contributed by atoms with van der Waals surface area (Å²) in [6.07, 6.45) is 4.19. The summed E-state index contributed by atoms with van der Waals surface area (Å²) < 4.78 is 37.6. The Bertz CT molecular complexity index is 928. The quantitative estimate of drug-likeness (QED) is 0.640. The number of nitrogens with one attached hydrogen (secondary N) is 1. The molecule has 2 aliphatic carbocycles. The van der Waals surface area contributed by atoms with Gasteiger partial charge in [0, 0.05) is 25.2 Å². The number of amides is 1. The van der Waals surface area contributed by atoms with Gasteiger partial charge in [-0.2, -0.15) is 4.31 Å². The number of benzene rings is 1. The minimum Gasteiger partial charge on any atom is -0.453 e. The van der Waals surface area contributed by atoms with Gasteiger partial charge in [0.25, 0.3) is 5.91 Å². The van der Waals surface area contributed by atoms with Gasteiger partial charge in [0.15, 0.2) is 6.10 Å². The fraction of sp³-hybridized carbons (Fsp3) is 0.636. The van der Waals surface area contributed by atoms with Crippen LogP contribution < -0.4 is 5.32 Å². The van der Waals surface area contributed by atoms with Gasteiger partial charge in [-0.3, -0.25) is 9.59 Å². The lowest BCUT2D eigenvalue weighted by atomic mass is 9.86. The first-order valence-electron chi connectivity index (χ1n) is 11.0. The number of nitrogens with zero attached hydrogens (tertiary/aromatic N) is 1. The maximum atomic E-state index is 12.8. The van der Waals surface area contributed by atoms with Gasteiger partial charge in [-0.25, -0.2) is 8.42 Å². The number of sulfonamides is 1. The van der Waals surface area contributed by atoms with Crippen molar-refractivity contribution >= 4 is 27.6 Å². The molecular formula is C22H30N2O6S. The van der Waals surface area contributed by atoms with E-state index in [2.05, 4.69) is 5.32 Å². The van der Waals surface area contributed by atoms with Crippen molar-refractivity contribution in [2.45, 2.75) is 50.0 Å². The van der Waals surface area contributed by atoms with Crippen LogP contribution in [0.3, 0.4) is 0 Å². The number of morpholine rings is 1. The molecule has 0 aromatic heterocycles. The molecular weight excluding hydrogens is 420 g/mol. The summed E-state index contributed by atoms with van der Waals surface area (Å²) in [5.74, 6) is 0.928. The SMILES string of the molecule is C[C@@H](OC(=O)C[C@H]1C[C@@H]2CC[C@@H]1C2)C(=O)Nc1cccc(S(=O)(=O)N2CCOCC2)c1. The van der Waals surface area contributed by atoms with Gasteiger partial charge >= 0.3 is 5.97 Å². The lowest BCUT2D eigenvalue weighted by Crippen LogP contribution is -2.40. The molecule has 1 N–H and O–H groups in total. The molecule has 4 rings (SSSR count). The molecule has 8 nitrogen and oxygen atoms in total. The first kappa shape index (κ1) is 22.2. The molecule has 1 aliphatic heterocycles. The van der Waals surface area contributed by atoms with E-state index >= 15 is 0 Å². The zero-order valence-electron chi connectivity index (χ0n) is 17.8. The van der Waals surface area contributed by atoms with Gasteiger partial charge in [0.05, 0.1) is 18.1 Å². The van der Waals surface area contributed by atoms with Crippen molar-refractivity contribution in [3.05, 3.63) is 24.3 Å². The van der Waals surface area contributed by atoms with Crippen LogP contribution >= 0.6 is 0 Å². The monoisotopic (exact) mass is 450 g/mol. The average molecular weight is 451 g/mol. The highest BCUT2D eigenvalue weighted by Crippen LogP contribution is 2.49. The van der Waals surface area contributed by atoms with Crippen molar-refractivity contribution < 1.29 is 27.5 Å². The zero-order chi connectivity index (χ0) is 22.0. The van der Waals surface area contributed by atoms with Crippen molar-refractivity contribution in [1.82, 2.24) is 4.31 Å². The van der Waals surface area contributed by atoms with Crippen LogP contribution in [0.1, 0.15) is 39.0 Å². The van der Waals surface area contributed by atoms with Crippen molar-refractivity contribution in [1.29, 1.82) is 0 Å². The summed E-state index contributed by atoms with van der Waals surface area (Å²) in [5, 5.41) is 2.66. The summed E-state index contributed by atoms with van der Waals surface area (Å²) in [4.78, 5) is 24.9. The topological polar surface area (TPSA) is 102 Å². The summed E-state index contributed by atoms with van der Waals surface area (Å²) in [5.41, 5.74) is 0.343. The Morgan fingerprint density at radius 3 is 2.68 bits per heavy atom. The Kier molecular flexibility index (Phi) is 6.64. The second-order valence-corrected chi connectivity index (χ2v) is 10.7. The Labute approximate surface area is 183 Å². The lowest BCUT2D eigenvalue weighted by Gasteiger charge is -2.26. The van der Waals surface area contributed by atoms with E-state index < -0.39 is 22.0 Å². The van der Waals surface area contributed by atoms with Crippen LogP contribution in [0.25, 0.3) is 0 Å². The van der Waals surface area contributed by atoms with E-state index in [9.17, 15) is 18.0 Å². The Morgan fingerprint density at radius 2 is 2.00 bits per heavy atom. The molecule has 0 radical (unpaired) electrons. The van der Waals surface area contributed by atoms with E-state index in [0.717, 1.165) is 12.3 Å². The third kappa shape index (κ3) is 5.10. The second-order valence-electron chi connectivity index (χ2n) is 8.80. The minimum absolute atomic E-state index is 0.105. The minimum atomic E-state index is -3.66. The van der Waals surface area contributed by atoms with Crippen LogP contribution in [-0.2, 0) is 29.1 Å². The predicted molar refractivity (Wildman–Crippen MR) is 114 cm³/mol. The van der Waals surface area contributed by atoms with Crippen LogP contribution in [0.4, 0.5) is 5.69 Å². The number of rotatable bonds is 7. The highest BCUT2D eigenvalue weighted by atomic mass is 32.2. The number of anilines is 1. The van der Waals surface area contributed by atoms with Gasteiger partial charge in [-0.15, -0.1) is 0 Å². The third-order valence-electron chi connectivity index (χ3n) is 6.70. The largest absolute Gasteiger partial charge is 0.453 e.